The van der Waals surface area contributed by atoms with Crippen LogP contribution in [0.4, 0.5) is 5.69 Å². The van der Waals surface area contributed by atoms with E-state index in [4.69, 9.17) is 44.3 Å². The summed E-state index contributed by atoms with van der Waals surface area (Å²) in [6.07, 6.45) is 0. The molecule has 0 saturated heterocycles. The van der Waals surface area contributed by atoms with Crippen molar-refractivity contribution in [2.45, 2.75) is 19.8 Å². The number of thiocarbonyl (C=S) groups is 1. The Kier molecular flexibility index (Phi) is 7.02. The summed E-state index contributed by atoms with van der Waals surface area (Å²) >= 11 is 17.5. The summed E-state index contributed by atoms with van der Waals surface area (Å²) < 4.78 is 11.6. The number of carbonyl (C=O) groups excluding carboxylic acids is 1. The molecule has 0 atom stereocenters. The molecule has 0 radical (unpaired) electrons. The number of fused-ring (bicyclic) bond motifs is 1. The van der Waals surface area contributed by atoms with Crippen LogP contribution >= 0.6 is 35.4 Å². The topological polar surface area (TPSA) is 80.3 Å². The maximum Gasteiger partial charge on any atom is 0.293 e. The molecule has 0 aliphatic rings. The van der Waals surface area contributed by atoms with Crippen LogP contribution in [0.2, 0.25) is 10.0 Å². The Bertz CT molecular complexity index is 1640. The van der Waals surface area contributed by atoms with Gasteiger partial charge in [-0.1, -0.05) is 49.2 Å². The van der Waals surface area contributed by atoms with E-state index in [-0.39, 0.29) is 10.9 Å². The number of aromatic nitrogens is 1. The van der Waals surface area contributed by atoms with Crippen LogP contribution in [-0.2, 0) is 0 Å². The van der Waals surface area contributed by atoms with Gasteiger partial charge < -0.3 is 14.2 Å². The van der Waals surface area contributed by atoms with Crippen LogP contribution in [0.5, 0.6) is 0 Å². The van der Waals surface area contributed by atoms with Crippen molar-refractivity contribution in [3.8, 4) is 22.8 Å². The quantitative estimate of drug-likeness (QED) is 0.214. The van der Waals surface area contributed by atoms with Crippen molar-refractivity contribution < 1.29 is 13.6 Å². The first-order valence-electron chi connectivity index (χ1n) is 11.5. The Labute approximate surface area is 228 Å². The number of benzene rings is 3. The summed E-state index contributed by atoms with van der Waals surface area (Å²) in [6.45, 7) is 4.28. The molecule has 0 unspecified atom stereocenters. The largest absolute Gasteiger partial charge is 0.451 e. The Morgan fingerprint density at radius 3 is 2.59 bits per heavy atom. The summed E-state index contributed by atoms with van der Waals surface area (Å²) in [5, 5.41) is 6.69. The van der Waals surface area contributed by atoms with Gasteiger partial charge in [-0.05, 0) is 84.4 Å². The van der Waals surface area contributed by atoms with E-state index in [1.165, 1.54) is 5.56 Å². The van der Waals surface area contributed by atoms with Crippen molar-refractivity contribution >= 4 is 63.2 Å². The SMILES string of the molecule is CC(C)c1ccc2oc(-c3cccc(NC(=S)NC(=O)c4ccc(-c5ccc(Cl)cc5Cl)o4)c3)nc2c1. The molecule has 2 heterocycles. The monoisotopic (exact) mass is 549 g/mol. The summed E-state index contributed by atoms with van der Waals surface area (Å²) in [6, 6.07) is 21.7. The smallest absolute Gasteiger partial charge is 0.293 e. The number of anilines is 1. The van der Waals surface area contributed by atoms with Crippen LogP contribution < -0.4 is 10.6 Å². The highest BCUT2D eigenvalue weighted by Crippen LogP contribution is 2.32. The molecule has 2 N–H and O–H groups in total. The van der Waals surface area contributed by atoms with Crippen molar-refractivity contribution in [3.05, 3.63) is 94.2 Å². The number of rotatable bonds is 5. The predicted octanol–water partition coefficient (Wildman–Crippen LogP) is 8.31. The fraction of sp³-hybridized carbons (Fsp3) is 0.107. The third-order valence-corrected chi connectivity index (χ3v) is 6.45. The molecule has 1 amide bonds. The van der Waals surface area contributed by atoms with Crippen LogP contribution in [0.25, 0.3) is 33.9 Å². The number of amides is 1. The predicted molar refractivity (Wildman–Crippen MR) is 151 cm³/mol. The van der Waals surface area contributed by atoms with Gasteiger partial charge in [0.25, 0.3) is 5.91 Å². The molecule has 0 aliphatic heterocycles. The molecule has 0 spiro atoms. The molecular formula is C28H21Cl2N3O3S. The number of carbonyl (C=O) groups is 1. The van der Waals surface area contributed by atoms with Crippen LogP contribution in [0, 0.1) is 0 Å². The highest BCUT2D eigenvalue weighted by atomic mass is 35.5. The van der Waals surface area contributed by atoms with E-state index in [1.807, 2.05) is 42.5 Å². The molecule has 3 aromatic carbocycles. The van der Waals surface area contributed by atoms with Crippen LogP contribution in [0.15, 0.2) is 81.6 Å². The average molecular weight is 550 g/mol. The number of oxazole rings is 1. The molecule has 5 aromatic rings. The van der Waals surface area contributed by atoms with E-state index in [1.54, 1.807) is 30.3 Å². The van der Waals surface area contributed by atoms with E-state index in [9.17, 15) is 4.79 Å². The second-order valence-electron chi connectivity index (χ2n) is 8.68. The van der Waals surface area contributed by atoms with Gasteiger partial charge in [-0.25, -0.2) is 4.98 Å². The van der Waals surface area contributed by atoms with Gasteiger partial charge in [0, 0.05) is 21.8 Å². The Morgan fingerprint density at radius 1 is 0.973 bits per heavy atom. The van der Waals surface area contributed by atoms with Gasteiger partial charge in [-0.15, -0.1) is 0 Å². The third kappa shape index (κ3) is 5.54. The second kappa shape index (κ2) is 10.4. The van der Waals surface area contributed by atoms with Crippen molar-refractivity contribution in [1.82, 2.24) is 10.3 Å². The normalized spacial score (nSPS) is 11.2. The van der Waals surface area contributed by atoms with E-state index < -0.39 is 5.91 Å². The number of hydrogen-bond donors (Lipinski definition) is 2. The van der Waals surface area contributed by atoms with Gasteiger partial charge in [0.15, 0.2) is 16.5 Å². The first-order valence-corrected chi connectivity index (χ1v) is 12.6. The highest BCUT2D eigenvalue weighted by Gasteiger charge is 2.16. The minimum absolute atomic E-state index is 0.0890. The van der Waals surface area contributed by atoms with Crippen LogP contribution in [0.1, 0.15) is 35.9 Å². The maximum atomic E-state index is 12.7. The van der Waals surface area contributed by atoms with Crippen LogP contribution in [-0.4, -0.2) is 16.0 Å². The molecule has 0 saturated carbocycles. The third-order valence-electron chi connectivity index (χ3n) is 5.70. The minimum atomic E-state index is -0.495. The summed E-state index contributed by atoms with van der Waals surface area (Å²) in [4.78, 5) is 17.3. The van der Waals surface area contributed by atoms with Crippen LogP contribution in [0.3, 0.4) is 0 Å². The van der Waals surface area contributed by atoms with Gasteiger partial charge in [0.2, 0.25) is 5.89 Å². The fourth-order valence-corrected chi connectivity index (χ4v) is 4.49. The lowest BCUT2D eigenvalue weighted by Gasteiger charge is -2.09. The van der Waals surface area contributed by atoms with Crippen molar-refractivity contribution in [2.24, 2.45) is 0 Å². The lowest BCUT2D eigenvalue weighted by molar-refractivity contribution is 0.0951. The van der Waals surface area contributed by atoms with Gasteiger partial charge in [-0.3, -0.25) is 10.1 Å². The zero-order valence-corrected chi connectivity index (χ0v) is 22.2. The molecule has 0 bridgehead atoms. The molecule has 0 aliphatic carbocycles. The van der Waals surface area contributed by atoms with E-state index in [0.29, 0.717) is 38.9 Å². The van der Waals surface area contributed by atoms with Gasteiger partial charge >= 0.3 is 0 Å². The zero-order valence-electron chi connectivity index (χ0n) is 19.8. The van der Waals surface area contributed by atoms with Gasteiger partial charge in [0.05, 0.1) is 5.02 Å². The average Bonchev–Trinajstić information content (AvgIpc) is 3.51. The van der Waals surface area contributed by atoms with Gasteiger partial charge in [-0.2, -0.15) is 0 Å². The number of hydrogen-bond acceptors (Lipinski definition) is 5. The zero-order chi connectivity index (χ0) is 26.1. The number of halogens is 2. The minimum Gasteiger partial charge on any atom is -0.451 e. The summed E-state index contributed by atoms with van der Waals surface area (Å²) in [5.41, 5.74) is 4.79. The first-order chi connectivity index (χ1) is 17.8. The molecular weight excluding hydrogens is 529 g/mol. The summed E-state index contributed by atoms with van der Waals surface area (Å²) in [5.74, 6) is 0.933. The molecule has 186 valence electrons. The molecule has 2 aromatic heterocycles. The molecule has 6 nitrogen and oxygen atoms in total. The van der Waals surface area contributed by atoms with E-state index in [2.05, 4.69) is 29.5 Å². The molecule has 0 fully saturated rings. The molecule has 5 rings (SSSR count). The van der Waals surface area contributed by atoms with Crippen molar-refractivity contribution in [2.75, 3.05) is 5.32 Å². The summed E-state index contributed by atoms with van der Waals surface area (Å²) in [7, 11) is 0. The van der Waals surface area contributed by atoms with Crippen molar-refractivity contribution in [3.63, 3.8) is 0 Å². The van der Waals surface area contributed by atoms with E-state index in [0.717, 1.165) is 16.7 Å². The lowest BCUT2D eigenvalue weighted by Crippen LogP contribution is -2.33. The standard InChI is InChI=1S/C28H21Cl2N3O3S/c1-15(2)16-6-9-24-22(13-16)32-27(36-24)17-4-3-5-19(12-17)31-28(37)33-26(34)25-11-10-23(35-25)20-8-7-18(29)14-21(20)30/h3-15H,1-2H3,(H2,31,33,34,37). The molecule has 9 heteroatoms. The lowest BCUT2D eigenvalue weighted by atomic mass is 10.0. The molecule has 37 heavy (non-hydrogen) atoms. The maximum absolute atomic E-state index is 12.7. The fourth-order valence-electron chi connectivity index (χ4n) is 3.78. The number of furan rings is 1. The Morgan fingerprint density at radius 2 is 1.81 bits per heavy atom. The van der Waals surface area contributed by atoms with E-state index >= 15 is 0 Å². The second-order valence-corrected chi connectivity index (χ2v) is 9.93. The first kappa shape index (κ1) is 25.0. The van der Waals surface area contributed by atoms with Gasteiger partial charge in [0.1, 0.15) is 11.3 Å². The van der Waals surface area contributed by atoms with Crippen molar-refractivity contribution in [1.29, 1.82) is 0 Å². The number of nitrogens with zero attached hydrogens (tertiary/aromatic N) is 1. The highest BCUT2D eigenvalue weighted by molar-refractivity contribution is 7.80. The Hall–Kier alpha value is -3.65. The number of nitrogens with one attached hydrogen (secondary N) is 2. The Balaban J connectivity index is 1.27.